The molecular formula is C14H15NO3. The van der Waals surface area contributed by atoms with E-state index in [4.69, 9.17) is 4.74 Å². The lowest BCUT2D eigenvalue weighted by atomic mass is 10.2. The normalized spacial score (nSPS) is 21.6. The zero-order valence-electron chi connectivity index (χ0n) is 10.1. The first kappa shape index (κ1) is 12.4. The fourth-order valence-electron chi connectivity index (χ4n) is 1.90. The molecule has 94 valence electrons. The molecule has 0 saturated heterocycles. The number of esters is 1. The van der Waals surface area contributed by atoms with Crippen molar-refractivity contribution >= 4 is 11.9 Å². The van der Waals surface area contributed by atoms with Gasteiger partial charge in [0.25, 0.3) is 0 Å². The van der Waals surface area contributed by atoms with Gasteiger partial charge >= 0.3 is 5.97 Å². The Morgan fingerprint density at radius 2 is 1.94 bits per heavy atom. The Hall–Kier alpha value is -2.10. The van der Waals surface area contributed by atoms with Crippen molar-refractivity contribution in [2.45, 2.75) is 25.5 Å². The van der Waals surface area contributed by atoms with E-state index in [1.165, 1.54) is 6.92 Å². The van der Waals surface area contributed by atoms with Crippen molar-refractivity contribution in [2.75, 3.05) is 0 Å². The predicted molar refractivity (Wildman–Crippen MR) is 67.0 cm³/mol. The van der Waals surface area contributed by atoms with Crippen LogP contribution in [-0.4, -0.2) is 24.0 Å². The fraction of sp³-hybridized carbons (Fsp3) is 0.286. The van der Waals surface area contributed by atoms with Gasteiger partial charge < -0.3 is 10.1 Å². The van der Waals surface area contributed by atoms with E-state index in [9.17, 15) is 9.59 Å². The van der Waals surface area contributed by atoms with Crippen LogP contribution in [0.15, 0.2) is 42.5 Å². The Labute approximate surface area is 106 Å². The van der Waals surface area contributed by atoms with Crippen LogP contribution in [0.3, 0.4) is 0 Å². The van der Waals surface area contributed by atoms with E-state index in [1.807, 2.05) is 12.1 Å². The van der Waals surface area contributed by atoms with Gasteiger partial charge in [-0.15, -0.1) is 0 Å². The van der Waals surface area contributed by atoms with Crippen LogP contribution >= 0.6 is 0 Å². The Morgan fingerprint density at radius 3 is 2.61 bits per heavy atom. The van der Waals surface area contributed by atoms with Gasteiger partial charge in [0.2, 0.25) is 5.91 Å². The second kappa shape index (κ2) is 5.49. The average Bonchev–Trinajstić information content (AvgIpc) is 2.76. The summed E-state index contributed by atoms with van der Waals surface area (Å²) in [5.41, 5.74) is 0.536. The van der Waals surface area contributed by atoms with Crippen molar-refractivity contribution in [1.29, 1.82) is 0 Å². The minimum absolute atomic E-state index is 0.0453. The maximum Gasteiger partial charge on any atom is 0.338 e. The molecule has 0 fully saturated rings. The molecule has 2 rings (SSSR count). The minimum Gasteiger partial charge on any atom is -0.454 e. The molecule has 1 aliphatic rings. The first-order valence-corrected chi connectivity index (χ1v) is 5.86. The molecule has 4 heteroatoms. The minimum atomic E-state index is -0.339. The van der Waals surface area contributed by atoms with E-state index in [1.54, 1.807) is 30.3 Å². The second-order valence-corrected chi connectivity index (χ2v) is 4.24. The van der Waals surface area contributed by atoms with Crippen LogP contribution in [0.5, 0.6) is 0 Å². The van der Waals surface area contributed by atoms with Crippen molar-refractivity contribution in [1.82, 2.24) is 5.32 Å². The third-order valence-corrected chi connectivity index (χ3v) is 2.70. The molecular weight excluding hydrogens is 230 g/mol. The summed E-state index contributed by atoms with van der Waals surface area (Å²) in [6, 6.07) is 8.82. The van der Waals surface area contributed by atoms with Gasteiger partial charge in [0.1, 0.15) is 6.10 Å². The lowest BCUT2D eigenvalue weighted by Gasteiger charge is -2.13. The summed E-state index contributed by atoms with van der Waals surface area (Å²) < 4.78 is 5.33. The van der Waals surface area contributed by atoms with Crippen molar-refractivity contribution in [3.05, 3.63) is 48.0 Å². The average molecular weight is 245 g/mol. The third kappa shape index (κ3) is 3.20. The van der Waals surface area contributed by atoms with Gasteiger partial charge in [-0.3, -0.25) is 4.79 Å². The van der Waals surface area contributed by atoms with Gasteiger partial charge in [0.05, 0.1) is 11.6 Å². The zero-order valence-corrected chi connectivity index (χ0v) is 10.1. The molecule has 0 radical (unpaired) electrons. The first-order valence-electron chi connectivity index (χ1n) is 5.86. The van der Waals surface area contributed by atoms with Crippen LogP contribution in [0.1, 0.15) is 23.7 Å². The topological polar surface area (TPSA) is 55.4 Å². The van der Waals surface area contributed by atoms with Crippen LogP contribution in [-0.2, 0) is 9.53 Å². The van der Waals surface area contributed by atoms with Crippen molar-refractivity contribution in [3.8, 4) is 0 Å². The highest BCUT2D eigenvalue weighted by atomic mass is 16.5. The summed E-state index contributed by atoms with van der Waals surface area (Å²) in [6.45, 7) is 1.47. The Kier molecular flexibility index (Phi) is 3.77. The molecule has 1 aromatic carbocycles. The van der Waals surface area contributed by atoms with Crippen LogP contribution in [0.25, 0.3) is 0 Å². The van der Waals surface area contributed by atoms with Gasteiger partial charge in [-0.25, -0.2) is 4.79 Å². The van der Waals surface area contributed by atoms with Gasteiger partial charge in [-0.2, -0.15) is 0 Å². The molecule has 1 N–H and O–H groups in total. The monoisotopic (exact) mass is 245 g/mol. The Morgan fingerprint density at radius 1 is 1.22 bits per heavy atom. The van der Waals surface area contributed by atoms with E-state index >= 15 is 0 Å². The van der Waals surface area contributed by atoms with E-state index in [0.717, 1.165) is 0 Å². The highest BCUT2D eigenvalue weighted by Crippen LogP contribution is 2.16. The number of amides is 1. The molecule has 0 heterocycles. The standard InChI is InChI=1S/C14H15NO3/c1-10(16)15-12-7-8-13(9-12)18-14(17)11-5-3-2-4-6-11/h2-8,12-13H,9H2,1H3,(H,15,16)/t12-,13+/m0/s1. The summed E-state index contributed by atoms with van der Waals surface area (Å²) in [6.07, 6.45) is 3.98. The molecule has 18 heavy (non-hydrogen) atoms. The van der Waals surface area contributed by atoms with Crippen LogP contribution in [0.2, 0.25) is 0 Å². The quantitative estimate of drug-likeness (QED) is 0.651. The number of carbonyl (C=O) groups is 2. The summed E-state index contributed by atoms with van der Waals surface area (Å²) in [7, 11) is 0. The van der Waals surface area contributed by atoms with Gasteiger partial charge in [-0.05, 0) is 18.2 Å². The second-order valence-electron chi connectivity index (χ2n) is 4.24. The molecule has 0 aliphatic heterocycles. The lowest BCUT2D eigenvalue weighted by Crippen LogP contribution is -2.31. The predicted octanol–water partition coefficient (Wildman–Crippen LogP) is 1.68. The number of nitrogens with one attached hydrogen (secondary N) is 1. The van der Waals surface area contributed by atoms with Crippen molar-refractivity contribution < 1.29 is 14.3 Å². The van der Waals surface area contributed by atoms with E-state index in [0.29, 0.717) is 12.0 Å². The van der Waals surface area contributed by atoms with Crippen LogP contribution < -0.4 is 5.32 Å². The summed E-state index contributed by atoms with van der Waals surface area (Å²) >= 11 is 0. The van der Waals surface area contributed by atoms with Gasteiger partial charge in [0.15, 0.2) is 0 Å². The first-order chi connectivity index (χ1) is 8.65. The smallest absolute Gasteiger partial charge is 0.338 e. The maximum atomic E-state index is 11.8. The molecule has 0 aromatic heterocycles. The van der Waals surface area contributed by atoms with Gasteiger partial charge in [0, 0.05) is 13.3 Å². The summed E-state index contributed by atoms with van der Waals surface area (Å²) in [5.74, 6) is -0.423. The molecule has 0 unspecified atom stereocenters. The van der Waals surface area contributed by atoms with Crippen molar-refractivity contribution in [2.24, 2.45) is 0 Å². The number of benzene rings is 1. The van der Waals surface area contributed by atoms with E-state index < -0.39 is 0 Å². The largest absolute Gasteiger partial charge is 0.454 e. The lowest BCUT2D eigenvalue weighted by molar-refractivity contribution is -0.119. The number of ether oxygens (including phenoxy) is 1. The Bertz CT molecular complexity index is 467. The molecule has 1 amide bonds. The maximum absolute atomic E-state index is 11.8. The molecule has 0 bridgehead atoms. The molecule has 0 saturated carbocycles. The summed E-state index contributed by atoms with van der Waals surface area (Å²) in [4.78, 5) is 22.7. The van der Waals surface area contributed by atoms with Gasteiger partial charge in [-0.1, -0.05) is 24.3 Å². The number of hydrogen-bond donors (Lipinski definition) is 1. The number of hydrogen-bond acceptors (Lipinski definition) is 3. The SMILES string of the molecule is CC(=O)N[C@H]1C=C[C@@H](OC(=O)c2ccccc2)C1. The molecule has 2 atom stereocenters. The fourth-order valence-corrected chi connectivity index (χ4v) is 1.90. The molecule has 1 aromatic rings. The molecule has 0 spiro atoms. The molecule has 4 nitrogen and oxygen atoms in total. The zero-order chi connectivity index (χ0) is 13.0. The number of rotatable bonds is 3. The molecule has 1 aliphatic carbocycles. The van der Waals surface area contributed by atoms with Crippen LogP contribution in [0.4, 0.5) is 0 Å². The highest BCUT2D eigenvalue weighted by molar-refractivity contribution is 5.89. The Balaban J connectivity index is 1.87. The highest BCUT2D eigenvalue weighted by Gasteiger charge is 2.22. The van der Waals surface area contributed by atoms with Crippen molar-refractivity contribution in [3.63, 3.8) is 0 Å². The van der Waals surface area contributed by atoms with E-state index in [2.05, 4.69) is 5.32 Å². The number of carbonyl (C=O) groups excluding carboxylic acids is 2. The third-order valence-electron chi connectivity index (χ3n) is 2.70. The van der Waals surface area contributed by atoms with Crippen LogP contribution in [0, 0.1) is 0 Å². The summed E-state index contributed by atoms with van der Waals surface area (Å²) in [5, 5.41) is 2.77. The van der Waals surface area contributed by atoms with E-state index in [-0.39, 0.29) is 24.0 Å².